The Bertz CT molecular complexity index is 332. The summed E-state index contributed by atoms with van der Waals surface area (Å²) >= 11 is 0. The molecule has 0 aliphatic heterocycles. The summed E-state index contributed by atoms with van der Waals surface area (Å²) in [4.78, 5) is 23.5. The van der Waals surface area contributed by atoms with Gasteiger partial charge in [-0.1, -0.05) is 52.4 Å². The van der Waals surface area contributed by atoms with Gasteiger partial charge in [0.25, 0.3) is 0 Å². The van der Waals surface area contributed by atoms with Gasteiger partial charge in [-0.2, -0.15) is 0 Å². The van der Waals surface area contributed by atoms with Gasteiger partial charge in [0.1, 0.15) is 0 Å². The van der Waals surface area contributed by atoms with E-state index in [1.165, 1.54) is 0 Å². The van der Waals surface area contributed by atoms with E-state index in [-0.39, 0.29) is 12.6 Å². The predicted octanol–water partition coefficient (Wildman–Crippen LogP) is 3.15. The van der Waals surface area contributed by atoms with Crippen molar-refractivity contribution in [2.45, 2.75) is 65.2 Å². The van der Waals surface area contributed by atoms with E-state index < -0.39 is 11.4 Å². The van der Waals surface area contributed by atoms with Crippen LogP contribution < -0.4 is 10.6 Å². The van der Waals surface area contributed by atoms with Gasteiger partial charge in [0.15, 0.2) is 0 Å². The molecule has 0 aromatic rings. The van der Waals surface area contributed by atoms with E-state index >= 15 is 0 Å². The lowest BCUT2D eigenvalue weighted by Crippen LogP contribution is -2.46. The first kappa shape index (κ1) is 17.8. The topological polar surface area (TPSA) is 78.4 Å². The van der Waals surface area contributed by atoms with Crippen LogP contribution in [0.25, 0.3) is 0 Å². The molecule has 21 heavy (non-hydrogen) atoms. The van der Waals surface area contributed by atoms with E-state index in [1.807, 2.05) is 0 Å². The fourth-order valence-corrected chi connectivity index (χ4v) is 3.00. The second kappa shape index (κ2) is 8.90. The number of hydrogen-bond acceptors (Lipinski definition) is 2. The second-order valence-corrected chi connectivity index (χ2v) is 6.25. The third-order valence-corrected chi connectivity index (χ3v) is 4.81. The van der Waals surface area contributed by atoms with Crippen LogP contribution >= 0.6 is 0 Å². The first-order valence-electron chi connectivity index (χ1n) is 8.29. The molecule has 1 fully saturated rings. The Hall–Kier alpha value is -1.26. The van der Waals surface area contributed by atoms with Crippen molar-refractivity contribution in [1.82, 2.24) is 10.6 Å². The van der Waals surface area contributed by atoms with E-state index in [2.05, 4.69) is 24.5 Å². The van der Waals surface area contributed by atoms with Crippen LogP contribution in [0.15, 0.2) is 0 Å². The molecule has 0 aromatic heterocycles. The SMILES string of the molecule is CCC(CC)CNC(=O)NCC1(C(=O)O)CCCCCC1. The molecule has 1 aliphatic rings. The number of aliphatic carboxylic acids is 1. The number of amides is 2. The number of nitrogens with one attached hydrogen (secondary N) is 2. The molecular weight excluding hydrogens is 268 g/mol. The standard InChI is InChI=1S/C16H30N2O3/c1-3-13(4-2)11-17-15(21)18-12-16(14(19)20)9-7-5-6-8-10-16/h13H,3-12H2,1-2H3,(H,19,20)(H2,17,18,21). The Balaban J connectivity index is 2.45. The normalized spacial score (nSPS) is 18.0. The van der Waals surface area contributed by atoms with Crippen LogP contribution in [0.5, 0.6) is 0 Å². The molecule has 0 unspecified atom stereocenters. The first-order chi connectivity index (χ1) is 10.0. The third-order valence-electron chi connectivity index (χ3n) is 4.81. The highest BCUT2D eigenvalue weighted by Gasteiger charge is 2.38. The van der Waals surface area contributed by atoms with Crippen molar-refractivity contribution in [3.63, 3.8) is 0 Å². The maximum atomic E-state index is 11.9. The van der Waals surface area contributed by atoms with E-state index in [0.717, 1.165) is 38.5 Å². The van der Waals surface area contributed by atoms with Gasteiger partial charge in [0.2, 0.25) is 0 Å². The van der Waals surface area contributed by atoms with Gasteiger partial charge in [-0.05, 0) is 18.8 Å². The van der Waals surface area contributed by atoms with Crippen LogP contribution in [0.2, 0.25) is 0 Å². The van der Waals surface area contributed by atoms with E-state index in [0.29, 0.717) is 25.3 Å². The molecule has 0 heterocycles. The molecule has 122 valence electrons. The lowest BCUT2D eigenvalue weighted by atomic mass is 9.80. The van der Waals surface area contributed by atoms with Crippen molar-refractivity contribution in [2.24, 2.45) is 11.3 Å². The lowest BCUT2D eigenvalue weighted by molar-refractivity contribution is -0.149. The van der Waals surface area contributed by atoms with Crippen molar-refractivity contribution in [3.8, 4) is 0 Å². The van der Waals surface area contributed by atoms with Crippen molar-refractivity contribution in [3.05, 3.63) is 0 Å². The monoisotopic (exact) mass is 298 g/mol. The molecule has 5 nitrogen and oxygen atoms in total. The van der Waals surface area contributed by atoms with E-state index in [4.69, 9.17) is 0 Å². The molecule has 1 aliphatic carbocycles. The number of carbonyl (C=O) groups excluding carboxylic acids is 1. The van der Waals surface area contributed by atoms with Gasteiger partial charge in [-0.25, -0.2) is 4.79 Å². The van der Waals surface area contributed by atoms with Crippen LogP contribution in [0.1, 0.15) is 65.2 Å². The molecule has 0 atom stereocenters. The summed E-state index contributed by atoms with van der Waals surface area (Å²) in [5, 5.41) is 15.2. The summed E-state index contributed by atoms with van der Waals surface area (Å²) in [6.07, 6.45) is 7.45. The number of carboxylic acids is 1. The third kappa shape index (κ3) is 5.56. The molecule has 2 amide bonds. The van der Waals surface area contributed by atoms with Gasteiger partial charge in [-0.15, -0.1) is 0 Å². The second-order valence-electron chi connectivity index (χ2n) is 6.25. The highest BCUT2D eigenvalue weighted by Crippen LogP contribution is 2.34. The van der Waals surface area contributed by atoms with Crippen molar-refractivity contribution in [2.75, 3.05) is 13.1 Å². The predicted molar refractivity (Wildman–Crippen MR) is 83.2 cm³/mol. The van der Waals surface area contributed by atoms with E-state index in [1.54, 1.807) is 0 Å². The Morgan fingerprint density at radius 1 is 1.05 bits per heavy atom. The Kier molecular flexibility index (Phi) is 7.54. The van der Waals surface area contributed by atoms with Gasteiger partial charge in [0.05, 0.1) is 5.41 Å². The minimum atomic E-state index is -0.775. The lowest BCUT2D eigenvalue weighted by Gasteiger charge is -2.28. The minimum absolute atomic E-state index is 0.233. The fraction of sp³-hybridized carbons (Fsp3) is 0.875. The van der Waals surface area contributed by atoms with Crippen LogP contribution in [0.4, 0.5) is 4.79 Å². The van der Waals surface area contributed by atoms with E-state index in [9.17, 15) is 14.7 Å². The minimum Gasteiger partial charge on any atom is -0.481 e. The van der Waals surface area contributed by atoms with Gasteiger partial charge >= 0.3 is 12.0 Å². The zero-order chi connectivity index (χ0) is 15.7. The van der Waals surface area contributed by atoms with Crippen molar-refractivity contribution >= 4 is 12.0 Å². The zero-order valence-corrected chi connectivity index (χ0v) is 13.4. The van der Waals surface area contributed by atoms with Crippen molar-refractivity contribution < 1.29 is 14.7 Å². The Labute approximate surface area is 127 Å². The molecular formula is C16H30N2O3. The summed E-state index contributed by atoms with van der Waals surface area (Å²) in [7, 11) is 0. The fourth-order valence-electron chi connectivity index (χ4n) is 3.00. The molecule has 1 rings (SSSR count). The molecule has 0 bridgehead atoms. The molecule has 5 heteroatoms. The zero-order valence-electron chi connectivity index (χ0n) is 13.4. The number of urea groups is 1. The summed E-state index contributed by atoms with van der Waals surface area (Å²) in [5.41, 5.74) is -0.775. The molecule has 0 aromatic carbocycles. The maximum absolute atomic E-state index is 11.9. The number of rotatable bonds is 7. The van der Waals surface area contributed by atoms with Gasteiger partial charge in [-0.3, -0.25) is 4.79 Å². The summed E-state index contributed by atoms with van der Waals surface area (Å²) in [6, 6.07) is -0.244. The quantitative estimate of drug-likeness (QED) is 0.632. The van der Waals surface area contributed by atoms with Crippen LogP contribution in [-0.2, 0) is 4.79 Å². The molecule has 0 saturated heterocycles. The number of carbonyl (C=O) groups is 2. The Morgan fingerprint density at radius 2 is 1.62 bits per heavy atom. The smallest absolute Gasteiger partial charge is 0.314 e. The largest absolute Gasteiger partial charge is 0.481 e. The number of hydrogen-bond donors (Lipinski definition) is 3. The number of carboxylic acid groups (broad SMARTS) is 1. The average molecular weight is 298 g/mol. The average Bonchev–Trinajstić information content (AvgIpc) is 2.72. The van der Waals surface area contributed by atoms with Gasteiger partial charge in [0, 0.05) is 13.1 Å². The molecule has 3 N–H and O–H groups in total. The molecule has 0 radical (unpaired) electrons. The molecule has 1 saturated carbocycles. The van der Waals surface area contributed by atoms with Crippen LogP contribution in [0.3, 0.4) is 0 Å². The summed E-state index contributed by atoms with van der Waals surface area (Å²) in [5.74, 6) is -0.285. The Morgan fingerprint density at radius 3 is 2.10 bits per heavy atom. The van der Waals surface area contributed by atoms with Crippen molar-refractivity contribution in [1.29, 1.82) is 0 Å². The maximum Gasteiger partial charge on any atom is 0.314 e. The first-order valence-corrected chi connectivity index (χ1v) is 8.29. The highest BCUT2D eigenvalue weighted by atomic mass is 16.4. The van der Waals surface area contributed by atoms with Crippen LogP contribution in [-0.4, -0.2) is 30.2 Å². The highest BCUT2D eigenvalue weighted by molar-refractivity contribution is 5.78. The van der Waals surface area contributed by atoms with Gasteiger partial charge < -0.3 is 15.7 Å². The summed E-state index contributed by atoms with van der Waals surface area (Å²) < 4.78 is 0. The molecule has 0 spiro atoms. The summed E-state index contributed by atoms with van der Waals surface area (Å²) in [6.45, 7) is 5.10. The van der Waals surface area contributed by atoms with Crippen LogP contribution in [0, 0.1) is 11.3 Å².